The molecule has 8 heteroatoms. The van der Waals surface area contributed by atoms with E-state index in [9.17, 15) is 9.59 Å². The molecular formula is C22H19BrN2O4S. The highest BCUT2D eigenvalue weighted by Crippen LogP contribution is 2.32. The van der Waals surface area contributed by atoms with Gasteiger partial charge in [-0.25, -0.2) is 4.79 Å². The average Bonchev–Trinajstić information content (AvgIpc) is 3.18. The molecule has 3 rings (SSSR count). The summed E-state index contributed by atoms with van der Waals surface area (Å²) < 4.78 is 6.16. The molecule has 1 heterocycles. The lowest BCUT2D eigenvalue weighted by Gasteiger charge is -2.13. The summed E-state index contributed by atoms with van der Waals surface area (Å²) in [6, 6.07) is 15.6. The maximum Gasteiger partial charge on any atom is 0.371 e. The van der Waals surface area contributed by atoms with Gasteiger partial charge < -0.3 is 14.8 Å². The van der Waals surface area contributed by atoms with E-state index in [2.05, 4.69) is 40.4 Å². The second kappa shape index (κ2) is 9.23. The lowest BCUT2D eigenvalue weighted by atomic mass is 10.0. The first kappa shape index (κ1) is 21.7. The van der Waals surface area contributed by atoms with E-state index in [1.807, 2.05) is 12.1 Å². The Morgan fingerprint density at radius 1 is 1.07 bits per heavy atom. The van der Waals surface area contributed by atoms with Gasteiger partial charge >= 0.3 is 5.97 Å². The quantitative estimate of drug-likeness (QED) is 0.403. The van der Waals surface area contributed by atoms with E-state index in [0.29, 0.717) is 28.5 Å². The van der Waals surface area contributed by atoms with Gasteiger partial charge in [0.2, 0.25) is 5.76 Å². The van der Waals surface area contributed by atoms with E-state index in [1.165, 1.54) is 6.07 Å². The van der Waals surface area contributed by atoms with Gasteiger partial charge in [-0.2, -0.15) is 0 Å². The molecule has 0 aliphatic heterocycles. The number of rotatable bonds is 5. The number of amides is 1. The van der Waals surface area contributed by atoms with Gasteiger partial charge in [-0.3, -0.25) is 10.1 Å². The van der Waals surface area contributed by atoms with Crippen molar-refractivity contribution in [3.63, 3.8) is 0 Å². The summed E-state index contributed by atoms with van der Waals surface area (Å²) in [7, 11) is 0. The van der Waals surface area contributed by atoms with Crippen molar-refractivity contribution in [3.8, 4) is 11.3 Å². The molecule has 0 saturated carbocycles. The van der Waals surface area contributed by atoms with Crippen LogP contribution in [-0.4, -0.2) is 22.1 Å². The first-order valence-corrected chi connectivity index (χ1v) is 10.3. The zero-order chi connectivity index (χ0) is 21.8. The van der Waals surface area contributed by atoms with Crippen LogP contribution in [0.2, 0.25) is 0 Å². The number of hydrogen-bond donors (Lipinski definition) is 3. The third-order valence-electron chi connectivity index (χ3n) is 4.38. The summed E-state index contributed by atoms with van der Waals surface area (Å²) in [5.74, 6) is -0.909. The summed E-state index contributed by atoms with van der Waals surface area (Å²) in [4.78, 5) is 23.6. The fourth-order valence-electron chi connectivity index (χ4n) is 2.78. The zero-order valence-electron chi connectivity index (χ0n) is 16.2. The van der Waals surface area contributed by atoms with Gasteiger partial charge in [-0.05, 0) is 66.2 Å². The second-order valence-corrected chi connectivity index (χ2v) is 8.17. The largest absolute Gasteiger partial charge is 0.475 e. The molecule has 0 atom stereocenters. The minimum absolute atomic E-state index is 0.109. The van der Waals surface area contributed by atoms with Crippen LogP contribution in [0.4, 0.5) is 5.69 Å². The average molecular weight is 487 g/mol. The van der Waals surface area contributed by atoms with Crippen LogP contribution in [0.5, 0.6) is 0 Å². The number of halogens is 1. The molecule has 6 nitrogen and oxygen atoms in total. The fraction of sp³-hybridized carbons (Fsp3) is 0.136. The molecule has 3 aromatic rings. The molecule has 2 aromatic carbocycles. The van der Waals surface area contributed by atoms with E-state index < -0.39 is 5.97 Å². The van der Waals surface area contributed by atoms with Crippen molar-refractivity contribution < 1.29 is 19.1 Å². The number of aromatic carboxylic acids is 1. The predicted octanol–water partition coefficient (Wildman–Crippen LogP) is 5.66. The van der Waals surface area contributed by atoms with Crippen LogP contribution in [0.1, 0.15) is 46.2 Å². The van der Waals surface area contributed by atoms with Gasteiger partial charge in [0, 0.05) is 15.6 Å². The minimum Gasteiger partial charge on any atom is -0.475 e. The third-order valence-corrected chi connectivity index (χ3v) is 5.08. The van der Waals surface area contributed by atoms with Crippen molar-refractivity contribution in [3.05, 3.63) is 76.0 Å². The van der Waals surface area contributed by atoms with Crippen LogP contribution in [0.15, 0.2) is 63.5 Å². The van der Waals surface area contributed by atoms with Crippen molar-refractivity contribution in [2.45, 2.75) is 19.8 Å². The molecule has 154 valence electrons. The van der Waals surface area contributed by atoms with Crippen molar-refractivity contribution in [1.82, 2.24) is 5.32 Å². The molecule has 0 radical (unpaired) electrons. The van der Waals surface area contributed by atoms with E-state index in [4.69, 9.17) is 21.7 Å². The number of hydrogen-bond acceptors (Lipinski definition) is 4. The number of carbonyl (C=O) groups excluding carboxylic acids is 1. The molecule has 1 amide bonds. The number of benzene rings is 2. The topological polar surface area (TPSA) is 91.6 Å². The lowest BCUT2D eigenvalue weighted by molar-refractivity contribution is 0.0663. The SMILES string of the molecule is CC(C)c1ccc(C(=O)NC(=S)Nc2cc(Br)ccc2-c2ccc(C(=O)O)o2)cc1. The molecule has 30 heavy (non-hydrogen) atoms. The number of carboxylic acids is 1. The Balaban J connectivity index is 1.76. The smallest absolute Gasteiger partial charge is 0.371 e. The van der Waals surface area contributed by atoms with E-state index in [1.54, 1.807) is 36.4 Å². The Morgan fingerprint density at radius 2 is 1.77 bits per heavy atom. The Labute approximate surface area is 187 Å². The van der Waals surface area contributed by atoms with Crippen LogP contribution in [0.25, 0.3) is 11.3 Å². The van der Waals surface area contributed by atoms with E-state index >= 15 is 0 Å². The number of furan rings is 1. The molecule has 1 aromatic heterocycles. The lowest BCUT2D eigenvalue weighted by Crippen LogP contribution is -2.34. The first-order chi connectivity index (χ1) is 14.2. The summed E-state index contributed by atoms with van der Waals surface area (Å²) >= 11 is 8.69. The Hall–Kier alpha value is -2.97. The van der Waals surface area contributed by atoms with Gasteiger partial charge in [0.1, 0.15) is 5.76 Å². The number of nitrogens with one attached hydrogen (secondary N) is 2. The highest BCUT2D eigenvalue weighted by atomic mass is 79.9. The summed E-state index contributed by atoms with van der Waals surface area (Å²) in [5, 5.41) is 14.8. The zero-order valence-corrected chi connectivity index (χ0v) is 18.6. The van der Waals surface area contributed by atoms with Gasteiger partial charge in [-0.15, -0.1) is 0 Å². The molecule has 0 aliphatic rings. The van der Waals surface area contributed by atoms with Gasteiger partial charge in [0.25, 0.3) is 5.91 Å². The molecule has 0 aliphatic carbocycles. The molecule has 3 N–H and O–H groups in total. The summed E-state index contributed by atoms with van der Waals surface area (Å²) in [5.41, 5.74) is 2.79. The maximum atomic E-state index is 12.5. The maximum absolute atomic E-state index is 12.5. The highest BCUT2D eigenvalue weighted by molar-refractivity contribution is 9.10. The van der Waals surface area contributed by atoms with Crippen LogP contribution < -0.4 is 10.6 Å². The van der Waals surface area contributed by atoms with E-state index in [0.717, 1.165) is 10.0 Å². The number of anilines is 1. The predicted molar refractivity (Wildman–Crippen MR) is 123 cm³/mol. The Morgan fingerprint density at radius 3 is 2.37 bits per heavy atom. The standard InChI is InChI=1S/C22H19BrN2O4S/c1-12(2)13-3-5-14(6-4-13)20(26)25-22(30)24-17-11-15(23)7-8-16(17)18-9-10-19(29-18)21(27)28/h3-12H,1-2H3,(H,27,28)(H2,24,25,26,30). The van der Waals surface area contributed by atoms with Crippen LogP contribution in [0, 0.1) is 0 Å². The van der Waals surface area contributed by atoms with Gasteiger partial charge in [0.05, 0.1) is 5.69 Å². The van der Waals surface area contributed by atoms with Crippen LogP contribution >= 0.6 is 28.1 Å². The highest BCUT2D eigenvalue weighted by Gasteiger charge is 2.15. The molecular weight excluding hydrogens is 468 g/mol. The summed E-state index contributed by atoms with van der Waals surface area (Å²) in [6.07, 6.45) is 0. The third kappa shape index (κ3) is 5.14. The van der Waals surface area contributed by atoms with Gasteiger partial charge in [0.15, 0.2) is 5.11 Å². The minimum atomic E-state index is -1.15. The second-order valence-electron chi connectivity index (χ2n) is 6.84. The molecule has 0 spiro atoms. The van der Waals surface area contributed by atoms with Crippen molar-refractivity contribution in [2.24, 2.45) is 0 Å². The fourth-order valence-corrected chi connectivity index (χ4v) is 3.34. The van der Waals surface area contributed by atoms with Crippen molar-refractivity contribution in [2.75, 3.05) is 5.32 Å². The number of carbonyl (C=O) groups is 2. The van der Waals surface area contributed by atoms with E-state index in [-0.39, 0.29) is 16.8 Å². The summed E-state index contributed by atoms with van der Waals surface area (Å²) in [6.45, 7) is 4.17. The van der Waals surface area contributed by atoms with Crippen molar-refractivity contribution in [1.29, 1.82) is 0 Å². The first-order valence-electron chi connectivity index (χ1n) is 9.10. The molecule has 0 bridgehead atoms. The molecule has 0 unspecified atom stereocenters. The van der Waals surface area contributed by atoms with Gasteiger partial charge in [-0.1, -0.05) is 41.9 Å². The van der Waals surface area contributed by atoms with Crippen LogP contribution in [-0.2, 0) is 0 Å². The molecule has 0 fully saturated rings. The number of carboxylic acid groups (broad SMARTS) is 1. The Kier molecular flexibility index (Phi) is 6.69. The van der Waals surface area contributed by atoms with Crippen LogP contribution in [0.3, 0.4) is 0 Å². The monoisotopic (exact) mass is 486 g/mol. The molecule has 0 saturated heterocycles. The normalized spacial score (nSPS) is 10.7. The number of thiocarbonyl (C=S) groups is 1. The Bertz CT molecular complexity index is 1110. The van der Waals surface area contributed by atoms with Crippen molar-refractivity contribution >= 4 is 50.8 Å².